The Morgan fingerprint density at radius 1 is 0.882 bits per heavy atom. The largest absolute Gasteiger partial charge is 0.302 e. The number of nitrogens with zero attached hydrogens (tertiary/aromatic N) is 1. The molecule has 1 saturated heterocycles. The highest BCUT2D eigenvalue weighted by molar-refractivity contribution is 8.32. The lowest BCUT2D eigenvalue weighted by molar-refractivity contribution is 0.294. The Hall–Kier alpha value is 0.660. The molecule has 0 aromatic carbocycles. The van der Waals surface area contributed by atoms with E-state index in [1.54, 1.807) is 0 Å². The molecule has 0 aliphatic carbocycles. The van der Waals surface area contributed by atoms with Gasteiger partial charge in [0.1, 0.15) is 0 Å². The molecule has 0 saturated carbocycles. The fourth-order valence-corrected chi connectivity index (χ4v) is 4.27. The van der Waals surface area contributed by atoms with Crippen molar-refractivity contribution in [2.24, 2.45) is 0 Å². The summed E-state index contributed by atoms with van der Waals surface area (Å²) >= 11 is 2.11. The molecule has 1 nitrogen and oxygen atoms in total. The van der Waals surface area contributed by atoms with E-state index in [0.717, 1.165) is 0 Å². The van der Waals surface area contributed by atoms with E-state index in [-0.39, 0.29) is 10.0 Å². The van der Waals surface area contributed by atoms with E-state index < -0.39 is 0 Å². The van der Waals surface area contributed by atoms with Gasteiger partial charge in [-0.2, -0.15) is 11.8 Å². The highest BCUT2D eigenvalue weighted by Crippen LogP contribution is 2.35. The Bertz CT molecular complexity index is 183. The summed E-state index contributed by atoms with van der Waals surface area (Å²) in [6, 6.07) is 0. The van der Waals surface area contributed by atoms with Gasteiger partial charge in [0, 0.05) is 24.6 Å². The van der Waals surface area contributed by atoms with Gasteiger partial charge in [-0.15, -0.1) is 0 Å². The zero-order valence-corrected chi connectivity index (χ0v) is 13.7. The first-order valence-electron chi connectivity index (χ1n) is 7.04. The molecule has 1 aliphatic heterocycles. The Morgan fingerprint density at radius 2 is 1.47 bits per heavy atom. The summed E-state index contributed by atoms with van der Waals surface area (Å²) < 4.78 is 0. The molecule has 0 N–H and O–H groups in total. The number of unbranched alkanes of at least 4 members (excludes halogenated alkanes) is 4. The summed E-state index contributed by atoms with van der Waals surface area (Å²) in [5.74, 6) is 4.18. The van der Waals surface area contributed by atoms with Crippen LogP contribution in [0.2, 0.25) is 0 Å². The molecular weight excluding hydrogens is 246 g/mol. The smallest absolute Gasteiger partial charge is 0.00727 e. The molecule has 0 aromatic heterocycles. The van der Waals surface area contributed by atoms with Gasteiger partial charge in [-0.3, -0.25) is 0 Å². The molecule has 0 amide bonds. The van der Waals surface area contributed by atoms with Gasteiger partial charge in [-0.05, 0) is 43.9 Å². The van der Waals surface area contributed by atoms with Crippen molar-refractivity contribution in [1.29, 1.82) is 0 Å². The van der Waals surface area contributed by atoms with Crippen LogP contribution < -0.4 is 0 Å². The van der Waals surface area contributed by atoms with Crippen LogP contribution in [-0.4, -0.2) is 60.6 Å². The minimum absolute atomic E-state index is 0.245. The molecule has 104 valence electrons. The maximum absolute atomic E-state index is 2.65. The van der Waals surface area contributed by atoms with Crippen molar-refractivity contribution in [3.63, 3.8) is 0 Å². The average Bonchev–Trinajstić information content (AvgIpc) is 2.28. The molecule has 0 radical (unpaired) electrons. The van der Waals surface area contributed by atoms with E-state index in [1.165, 1.54) is 69.0 Å². The zero-order valence-electron chi connectivity index (χ0n) is 12.0. The van der Waals surface area contributed by atoms with Gasteiger partial charge in [-0.1, -0.05) is 19.3 Å². The van der Waals surface area contributed by atoms with Gasteiger partial charge in [0.05, 0.1) is 0 Å². The quantitative estimate of drug-likeness (QED) is 0.623. The summed E-state index contributed by atoms with van der Waals surface area (Å²) in [4.78, 5) is 2.65. The van der Waals surface area contributed by atoms with Crippen LogP contribution in [0.3, 0.4) is 0 Å². The number of thioether (sulfide) groups is 1. The molecular formula is C14H31NS2. The van der Waals surface area contributed by atoms with Crippen LogP contribution in [0.25, 0.3) is 0 Å². The van der Waals surface area contributed by atoms with Gasteiger partial charge >= 0.3 is 0 Å². The molecule has 1 fully saturated rings. The lowest BCUT2D eigenvalue weighted by Gasteiger charge is -2.26. The first-order chi connectivity index (χ1) is 8.08. The summed E-state index contributed by atoms with van der Waals surface area (Å²) in [5, 5.41) is 0. The highest BCUT2D eigenvalue weighted by atomic mass is 32.3. The molecule has 0 unspecified atom stereocenters. The Balaban J connectivity index is 1.84. The third-order valence-corrected chi connectivity index (χ3v) is 5.79. The van der Waals surface area contributed by atoms with Crippen LogP contribution in [0.4, 0.5) is 0 Å². The lowest BCUT2D eigenvalue weighted by atomic mass is 10.1. The molecule has 0 spiro atoms. The van der Waals surface area contributed by atoms with Crippen molar-refractivity contribution in [2.45, 2.75) is 32.1 Å². The predicted molar refractivity (Wildman–Crippen MR) is 87.1 cm³/mol. The van der Waals surface area contributed by atoms with E-state index in [9.17, 15) is 0 Å². The first kappa shape index (κ1) is 15.7. The van der Waals surface area contributed by atoms with Crippen LogP contribution in [0.5, 0.6) is 0 Å². The van der Waals surface area contributed by atoms with Gasteiger partial charge in [0.2, 0.25) is 0 Å². The molecule has 0 bridgehead atoms. The van der Waals surface area contributed by atoms with Crippen molar-refractivity contribution >= 4 is 21.8 Å². The van der Waals surface area contributed by atoms with Crippen LogP contribution >= 0.6 is 21.8 Å². The maximum Gasteiger partial charge on any atom is 0.00727 e. The normalized spacial score (nSPS) is 19.5. The lowest BCUT2D eigenvalue weighted by Crippen LogP contribution is -2.33. The third kappa shape index (κ3) is 9.26. The fraction of sp³-hybridized carbons (Fsp3) is 1.00. The summed E-state index contributed by atoms with van der Waals surface area (Å²) in [7, 11) is -0.245. The minimum Gasteiger partial charge on any atom is -0.302 e. The second kappa shape index (κ2) is 8.71. The number of hydrogen-bond acceptors (Lipinski definition) is 2. The average molecular weight is 278 g/mol. The number of rotatable bonds is 8. The molecule has 0 atom stereocenters. The van der Waals surface area contributed by atoms with Crippen molar-refractivity contribution in [3.05, 3.63) is 0 Å². The van der Waals surface area contributed by atoms with E-state index >= 15 is 0 Å². The third-order valence-electron chi connectivity index (χ3n) is 3.33. The van der Waals surface area contributed by atoms with E-state index in [2.05, 4.69) is 35.4 Å². The Kier molecular flexibility index (Phi) is 8.05. The topological polar surface area (TPSA) is 3.24 Å². The van der Waals surface area contributed by atoms with Gasteiger partial charge in [0.15, 0.2) is 0 Å². The maximum atomic E-state index is 2.65. The second-order valence-electron chi connectivity index (χ2n) is 6.02. The van der Waals surface area contributed by atoms with Crippen LogP contribution in [0.1, 0.15) is 32.1 Å². The summed E-state index contributed by atoms with van der Waals surface area (Å²) in [5.41, 5.74) is 0. The van der Waals surface area contributed by atoms with E-state index in [0.29, 0.717) is 0 Å². The van der Waals surface area contributed by atoms with Crippen molar-refractivity contribution in [1.82, 2.24) is 4.90 Å². The fourth-order valence-electron chi connectivity index (χ4n) is 2.23. The van der Waals surface area contributed by atoms with Crippen LogP contribution in [-0.2, 0) is 0 Å². The Morgan fingerprint density at radius 3 is 2.12 bits per heavy atom. The Labute approximate surface area is 114 Å². The minimum atomic E-state index is -0.245. The number of hydrogen-bond donors (Lipinski definition) is 0. The monoisotopic (exact) mass is 277 g/mol. The van der Waals surface area contributed by atoms with E-state index in [4.69, 9.17) is 0 Å². The summed E-state index contributed by atoms with van der Waals surface area (Å²) in [6.45, 7) is 4.02. The van der Waals surface area contributed by atoms with Gasteiger partial charge in [0.25, 0.3) is 0 Å². The second-order valence-corrected chi connectivity index (χ2v) is 11.8. The molecule has 3 heteroatoms. The molecule has 0 aromatic rings. The molecule has 1 aliphatic rings. The van der Waals surface area contributed by atoms with Crippen molar-refractivity contribution in [2.75, 3.05) is 55.7 Å². The van der Waals surface area contributed by atoms with E-state index in [1.807, 2.05) is 0 Å². The van der Waals surface area contributed by atoms with Gasteiger partial charge in [-0.25, -0.2) is 10.0 Å². The van der Waals surface area contributed by atoms with Crippen molar-refractivity contribution < 1.29 is 0 Å². The summed E-state index contributed by atoms with van der Waals surface area (Å²) in [6.07, 6.45) is 14.5. The SMILES string of the molecule is CS(C)(C)CCCCCCCN1CCSCC1. The molecule has 1 rings (SSSR count). The van der Waals surface area contributed by atoms with Crippen LogP contribution in [0.15, 0.2) is 0 Å². The predicted octanol–water partition coefficient (Wildman–Crippen LogP) is 3.68. The first-order valence-corrected chi connectivity index (χ1v) is 11.2. The van der Waals surface area contributed by atoms with Gasteiger partial charge < -0.3 is 4.90 Å². The van der Waals surface area contributed by atoms with Crippen molar-refractivity contribution in [3.8, 4) is 0 Å². The highest BCUT2D eigenvalue weighted by Gasteiger charge is 2.09. The van der Waals surface area contributed by atoms with Crippen LogP contribution in [0, 0.1) is 0 Å². The zero-order chi connectivity index (χ0) is 12.6. The molecule has 17 heavy (non-hydrogen) atoms. The molecule has 1 heterocycles. The standard InChI is InChI=1S/C14H31NS2/c1-17(2,3)14-8-6-4-5-7-9-15-10-12-16-13-11-15/h4-14H2,1-3H3.